The van der Waals surface area contributed by atoms with Gasteiger partial charge in [0, 0.05) is 18.3 Å². The molecule has 0 saturated carbocycles. The molecule has 1 aromatic rings. The summed E-state index contributed by atoms with van der Waals surface area (Å²) in [6.07, 6.45) is 2.08. The number of hydrogen-bond acceptors (Lipinski definition) is 2. The van der Waals surface area contributed by atoms with E-state index in [1.165, 1.54) is 6.07 Å². The summed E-state index contributed by atoms with van der Waals surface area (Å²) < 4.78 is 12.9. The maximum atomic E-state index is 12.9. The Balaban J connectivity index is 2.47. The van der Waals surface area contributed by atoms with Gasteiger partial charge in [0.25, 0.3) is 0 Å². The Labute approximate surface area is 89.1 Å². The van der Waals surface area contributed by atoms with E-state index in [0.29, 0.717) is 0 Å². The summed E-state index contributed by atoms with van der Waals surface area (Å²) in [6, 6.07) is 6.96. The quantitative estimate of drug-likeness (QED) is 0.755. The molecule has 0 aliphatic heterocycles. The molecule has 1 N–H and O–H groups in total. The summed E-state index contributed by atoms with van der Waals surface area (Å²) in [4.78, 5) is 0. The first-order valence-corrected chi connectivity index (χ1v) is 6.11. The van der Waals surface area contributed by atoms with Crippen molar-refractivity contribution in [2.75, 3.05) is 18.6 Å². The Bertz CT molecular complexity index is 278. The summed E-state index contributed by atoms with van der Waals surface area (Å²) in [7, 11) is 0. The SMILES string of the molecule is CSCCN[C@H](C)c1cccc(F)c1. The first kappa shape index (κ1) is 11.5. The third kappa shape index (κ3) is 3.68. The molecule has 0 aromatic heterocycles. The molecule has 1 nitrogen and oxygen atoms in total. The molecule has 3 heteroatoms. The molecule has 0 aliphatic carbocycles. The van der Waals surface area contributed by atoms with Crippen molar-refractivity contribution >= 4 is 11.8 Å². The van der Waals surface area contributed by atoms with Crippen LogP contribution in [0.1, 0.15) is 18.5 Å². The zero-order valence-corrected chi connectivity index (χ0v) is 9.40. The highest BCUT2D eigenvalue weighted by molar-refractivity contribution is 7.98. The number of benzene rings is 1. The molecule has 0 saturated heterocycles. The minimum absolute atomic E-state index is 0.166. The van der Waals surface area contributed by atoms with Crippen LogP contribution in [0.2, 0.25) is 0 Å². The smallest absolute Gasteiger partial charge is 0.123 e. The average Bonchev–Trinajstić information content (AvgIpc) is 2.18. The molecule has 0 radical (unpaired) electrons. The Morgan fingerprint density at radius 2 is 2.29 bits per heavy atom. The standard InChI is InChI=1S/C11H16FNS/c1-9(13-6-7-14-2)10-4-3-5-11(12)8-10/h3-5,8-9,13H,6-7H2,1-2H3/t9-/m1/s1. The van der Waals surface area contributed by atoms with Crippen LogP contribution < -0.4 is 5.32 Å². The van der Waals surface area contributed by atoms with Crippen molar-refractivity contribution in [3.63, 3.8) is 0 Å². The molecule has 0 fully saturated rings. The molecule has 0 unspecified atom stereocenters. The highest BCUT2D eigenvalue weighted by Crippen LogP contribution is 2.13. The van der Waals surface area contributed by atoms with Gasteiger partial charge in [0.1, 0.15) is 5.82 Å². The lowest BCUT2D eigenvalue weighted by atomic mass is 10.1. The normalized spacial score (nSPS) is 12.8. The van der Waals surface area contributed by atoms with Crippen LogP contribution in [0.4, 0.5) is 4.39 Å². The van der Waals surface area contributed by atoms with Gasteiger partial charge in [-0.15, -0.1) is 0 Å². The van der Waals surface area contributed by atoms with Gasteiger partial charge >= 0.3 is 0 Å². The maximum Gasteiger partial charge on any atom is 0.123 e. The maximum absolute atomic E-state index is 12.9. The molecule has 0 spiro atoms. The van der Waals surface area contributed by atoms with Gasteiger partial charge in [-0.05, 0) is 30.9 Å². The first-order valence-electron chi connectivity index (χ1n) is 4.72. The number of rotatable bonds is 5. The molecular formula is C11H16FNS. The monoisotopic (exact) mass is 213 g/mol. The van der Waals surface area contributed by atoms with Gasteiger partial charge in [-0.3, -0.25) is 0 Å². The van der Waals surface area contributed by atoms with Crippen LogP contribution in [0.5, 0.6) is 0 Å². The fraction of sp³-hybridized carbons (Fsp3) is 0.455. The van der Waals surface area contributed by atoms with E-state index in [9.17, 15) is 4.39 Å². The lowest BCUT2D eigenvalue weighted by Crippen LogP contribution is -2.21. The van der Waals surface area contributed by atoms with Crippen molar-refractivity contribution in [1.82, 2.24) is 5.32 Å². The van der Waals surface area contributed by atoms with E-state index in [4.69, 9.17) is 0 Å². The van der Waals surface area contributed by atoms with E-state index in [1.807, 2.05) is 6.07 Å². The second-order valence-electron chi connectivity index (χ2n) is 3.22. The lowest BCUT2D eigenvalue weighted by molar-refractivity contribution is 0.585. The lowest BCUT2D eigenvalue weighted by Gasteiger charge is -2.13. The summed E-state index contributed by atoms with van der Waals surface area (Å²) in [5.41, 5.74) is 1.01. The van der Waals surface area contributed by atoms with Crippen molar-refractivity contribution < 1.29 is 4.39 Å². The van der Waals surface area contributed by atoms with Crippen LogP contribution in [0.15, 0.2) is 24.3 Å². The topological polar surface area (TPSA) is 12.0 Å². The van der Waals surface area contributed by atoms with Gasteiger partial charge in [0.15, 0.2) is 0 Å². The summed E-state index contributed by atoms with van der Waals surface area (Å²) >= 11 is 1.81. The number of halogens is 1. The van der Waals surface area contributed by atoms with Crippen LogP contribution in [0.25, 0.3) is 0 Å². The molecule has 0 aliphatic rings. The molecule has 1 rings (SSSR count). The third-order valence-electron chi connectivity index (χ3n) is 2.11. The fourth-order valence-corrected chi connectivity index (χ4v) is 1.59. The molecular weight excluding hydrogens is 197 g/mol. The first-order chi connectivity index (χ1) is 6.74. The largest absolute Gasteiger partial charge is 0.309 e. The summed E-state index contributed by atoms with van der Waals surface area (Å²) in [6.45, 7) is 3.01. The summed E-state index contributed by atoms with van der Waals surface area (Å²) in [5.74, 6) is 0.917. The van der Waals surface area contributed by atoms with Gasteiger partial charge < -0.3 is 5.32 Å². The number of hydrogen-bond donors (Lipinski definition) is 1. The number of nitrogens with one attached hydrogen (secondary N) is 1. The highest BCUT2D eigenvalue weighted by atomic mass is 32.2. The van der Waals surface area contributed by atoms with Crippen LogP contribution in [0, 0.1) is 5.82 Å². The molecule has 0 bridgehead atoms. The Kier molecular flexibility index (Phi) is 4.98. The van der Waals surface area contributed by atoms with Crippen LogP contribution in [0.3, 0.4) is 0 Å². The van der Waals surface area contributed by atoms with Crippen LogP contribution in [-0.4, -0.2) is 18.6 Å². The van der Waals surface area contributed by atoms with E-state index in [-0.39, 0.29) is 11.9 Å². The minimum Gasteiger partial charge on any atom is -0.309 e. The van der Waals surface area contributed by atoms with Crippen molar-refractivity contribution in [1.29, 1.82) is 0 Å². The average molecular weight is 213 g/mol. The van der Waals surface area contributed by atoms with E-state index in [2.05, 4.69) is 18.5 Å². The Hall–Kier alpha value is -0.540. The minimum atomic E-state index is -0.166. The summed E-state index contributed by atoms with van der Waals surface area (Å²) in [5, 5.41) is 3.34. The predicted octanol–water partition coefficient (Wildman–Crippen LogP) is 2.84. The van der Waals surface area contributed by atoms with Crippen LogP contribution in [-0.2, 0) is 0 Å². The van der Waals surface area contributed by atoms with Crippen LogP contribution >= 0.6 is 11.8 Å². The van der Waals surface area contributed by atoms with E-state index >= 15 is 0 Å². The molecule has 0 amide bonds. The van der Waals surface area contributed by atoms with Crippen molar-refractivity contribution in [2.24, 2.45) is 0 Å². The van der Waals surface area contributed by atoms with Gasteiger partial charge in [-0.1, -0.05) is 12.1 Å². The van der Waals surface area contributed by atoms with Gasteiger partial charge in [0.05, 0.1) is 0 Å². The van der Waals surface area contributed by atoms with E-state index in [1.54, 1.807) is 23.9 Å². The van der Waals surface area contributed by atoms with Crippen molar-refractivity contribution in [3.8, 4) is 0 Å². The zero-order chi connectivity index (χ0) is 10.4. The fourth-order valence-electron chi connectivity index (χ4n) is 1.27. The Morgan fingerprint density at radius 1 is 1.50 bits per heavy atom. The van der Waals surface area contributed by atoms with Crippen molar-refractivity contribution in [2.45, 2.75) is 13.0 Å². The third-order valence-corrected chi connectivity index (χ3v) is 2.72. The highest BCUT2D eigenvalue weighted by Gasteiger charge is 2.04. The zero-order valence-electron chi connectivity index (χ0n) is 8.59. The van der Waals surface area contributed by atoms with Gasteiger partial charge in [-0.25, -0.2) is 4.39 Å². The van der Waals surface area contributed by atoms with Gasteiger partial charge in [0.2, 0.25) is 0 Å². The molecule has 1 atom stereocenters. The number of thioether (sulfide) groups is 1. The van der Waals surface area contributed by atoms with E-state index in [0.717, 1.165) is 17.9 Å². The molecule has 0 heterocycles. The molecule has 1 aromatic carbocycles. The second kappa shape index (κ2) is 6.04. The van der Waals surface area contributed by atoms with E-state index < -0.39 is 0 Å². The predicted molar refractivity (Wildman–Crippen MR) is 61.2 cm³/mol. The Morgan fingerprint density at radius 3 is 2.93 bits per heavy atom. The van der Waals surface area contributed by atoms with Crippen molar-refractivity contribution in [3.05, 3.63) is 35.6 Å². The molecule has 14 heavy (non-hydrogen) atoms. The van der Waals surface area contributed by atoms with Gasteiger partial charge in [-0.2, -0.15) is 11.8 Å². The second-order valence-corrected chi connectivity index (χ2v) is 4.21. The molecule has 78 valence electrons.